The summed E-state index contributed by atoms with van der Waals surface area (Å²) in [5.74, 6) is 5.62. The van der Waals surface area contributed by atoms with E-state index in [9.17, 15) is 0 Å². The van der Waals surface area contributed by atoms with E-state index in [1.165, 1.54) is 64.2 Å². The second kappa shape index (κ2) is 6.47. The van der Waals surface area contributed by atoms with E-state index in [4.69, 9.17) is 9.47 Å². The van der Waals surface area contributed by atoms with Gasteiger partial charge in [-0.25, -0.2) is 0 Å². The molecule has 11 atom stereocenters. The van der Waals surface area contributed by atoms with Crippen molar-refractivity contribution in [1.29, 1.82) is 0 Å². The van der Waals surface area contributed by atoms with Gasteiger partial charge >= 0.3 is 0 Å². The number of ether oxygens (including phenoxy) is 2. The van der Waals surface area contributed by atoms with Gasteiger partial charge in [-0.15, -0.1) is 0 Å². The zero-order valence-corrected chi connectivity index (χ0v) is 19.4. The van der Waals surface area contributed by atoms with Gasteiger partial charge in [0.25, 0.3) is 0 Å². The third kappa shape index (κ3) is 2.54. The lowest BCUT2D eigenvalue weighted by molar-refractivity contribution is -0.273. The van der Waals surface area contributed by atoms with Gasteiger partial charge in [-0.05, 0) is 97.7 Å². The molecule has 4 aliphatic carbocycles. The molecule has 0 amide bonds. The predicted octanol–water partition coefficient (Wildman–Crippen LogP) is 6.82. The van der Waals surface area contributed by atoms with Crippen LogP contribution in [0.3, 0.4) is 0 Å². The second-order valence-corrected chi connectivity index (χ2v) is 12.9. The van der Waals surface area contributed by atoms with E-state index in [1.807, 2.05) is 0 Å². The van der Waals surface area contributed by atoms with E-state index in [2.05, 4.69) is 27.7 Å². The van der Waals surface area contributed by atoms with Gasteiger partial charge < -0.3 is 9.47 Å². The lowest BCUT2D eigenvalue weighted by Crippen LogP contribution is -2.54. The zero-order chi connectivity index (χ0) is 20.0. The Kier molecular flexibility index (Phi) is 4.37. The fourth-order valence-corrected chi connectivity index (χ4v) is 10.3. The van der Waals surface area contributed by atoms with Crippen LogP contribution < -0.4 is 0 Å². The van der Waals surface area contributed by atoms with Crippen molar-refractivity contribution in [1.82, 2.24) is 0 Å². The highest BCUT2D eigenvalue weighted by molar-refractivity contribution is 5.15. The van der Waals surface area contributed by atoms with Crippen molar-refractivity contribution in [2.24, 2.45) is 52.3 Å². The summed E-state index contributed by atoms with van der Waals surface area (Å²) in [6.45, 7) is 11.1. The lowest BCUT2D eigenvalue weighted by Gasteiger charge is -2.61. The van der Waals surface area contributed by atoms with Crippen molar-refractivity contribution in [3.63, 3.8) is 0 Å². The van der Waals surface area contributed by atoms with E-state index in [0.717, 1.165) is 42.6 Å². The summed E-state index contributed by atoms with van der Waals surface area (Å²) >= 11 is 0. The highest BCUT2D eigenvalue weighted by atomic mass is 16.7. The Morgan fingerprint density at radius 2 is 1.66 bits per heavy atom. The van der Waals surface area contributed by atoms with Gasteiger partial charge in [0.1, 0.15) is 0 Å². The van der Waals surface area contributed by atoms with Crippen LogP contribution in [0.1, 0.15) is 98.3 Å². The lowest BCUT2D eigenvalue weighted by atomic mass is 9.44. The monoisotopic (exact) mass is 400 g/mol. The summed E-state index contributed by atoms with van der Waals surface area (Å²) in [5.41, 5.74) is 1.13. The van der Waals surface area contributed by atoms with Crippen LogP contribution in [0.2, 0.25) is 0 Å². The van der Waals surface area contributed by atoms with Crippen LogP contribution in [-0.2, 0) is 9.47 Å². The number of fused-ring (bicyclic) bond motifs is 7. The molecule has 6 fully saturated rings. The largest absolute Gasteiger partial charge is 0.349 e. The van der Waals surface area contributed by atoms with E-state index in [-0.39, 0.29) is 5.79 Å². The van der Waals surface area contributed by atoms with E-state index in [1.54, 1.807) is 0 Å². The minimum atomic E-state index is -0.250. The first-order valence-electron chi connectivity index (χ1n) is 13.2. The molecule has 29 heavy (non-hydrogen) atoms. The minimum Gasteiger partial charge on any atom is -0.349 e. The van der Waals surface area contributed by atoms with Crippen molar-refractivity contribution in [2.45, 2.75) is 110 Å². The van der Waals surface area contributed by atoms with Gasteiger partial charge in [0, 0.05) is 12.3 Å². The molecular formula is C27H44O2. The van der Waals surface area contributed by atoms with Gasteiger partial charge in [0.05, 0.1) is 12.7 Å². The van der Waals surface area contributed by atoms with Crippen LogP contribution in [0, 0.1) is 52.3 Å². The summed E-state index contributed by atoms with van der Waals surface area (Å²) in [7, 11) is 0. The first-order chi connectivity index (χ1) is 13.9. The molecule has 4 saturated carbocycles. The Morgan fingerprint density at radius 1 is 0.793 bits per heavy atom. The highest BCUT2D eigenvalue weighted by Gasteiger charge is 2.68. The summed E-state index contributed by atoms with van der Waals surface area (Å²) in [4.78, 5) is 0. The fraction of sp³-hybridized carbons (Fsp3) is 1.00. The van der Waals surface area contributed by atoms with Gasteiger partial charge in [0.15, 0.2) is 5.79 Å². The molecule has 0 radical (unpaired) electrons. The molecular weight excluding hydrogens is 356 g/mol. The fourth-order valence-electron chi connectivity index (χ4n) is 10.3. The molecule has 1 spiro atoms. The average molecular weight is 401 g/mol. The summed E-state index contributed by atoms with van der Waals surface area (Å²) in [5, 5.41) is 0. The Bertz CT molecular complexity index is 651. The highest BCUT2D eigenvalue weighted by Crippen LogP contribution is 2.71. The number of hydrogen-bond acceptors (Lipinski definition) is 2. The van der Waals surface area contributed by atoms with Crippen molar-refractivity contribution in [3.05, 3.63) is 0 Å². The summed E-state index contributed by atoms with van der Waals surface area (Å²) < 4.78 is 13.4. The SMILES string of the molecule is C[C@@H]1CC[C@@]2(OC1)O[C@@H]1C[C@@H]3[C@@H]4CC[C@H]5CCCC[C@]5(C)[C@@H]4CC[C@]3(C)[C@H]1[C@@H]2C. The first-order valence-corrected chi connectivity index (χ1v) is 13.2. The summed E-state index contributed by atoms with van der Waals surface area (Å²) in [6.07, 6.45) is 16.2. The minimum absolute atomic E-state index is 0.250. The Labute approximate surface area is 178 Å². The molecule has 0 N–H and O–H groups in total. The van der Waals surface area contributed by atoms with Gasteiger partial charge in [-0.1, -0.05) is 40.5 Å². The Hall–Kier alpha value is -0.0800. The van der Waals surface area contributed by atoms with Gasteiger partial charge in [0.2, 0.25) is 0 Å². The number of rotatable bonds is 0. The predicted molar refractivity (Wildman–Crippen MR) is 116 cm³/mol. The maximum absolute atomic E-state index is 6.92. The second-order valence-electron chi connectivity index (χ2n) is 12.9. The third-order valence-corrected chi connectivity index (χ3v) is 11.9. The van der Waals surface area contributed by atoms with Gasteiger partial charge in [-0.2, -0.15) is 0 Å². The molecule has 2 saturated heterocycles. The average Bonchev–Trinajstić information content (AvgIpc) is 3.15. The molecule has 0 unspecified atom stereocenters. The van der Waals surface area contributed by atoms with E-state index >= 15 is 0 Å². The number of hydrogen-bond donors (Lipinski definition) is 0. The Balaban J connectivity index is 1.27. The first kappa shape index (κ1) is 19.6. The van der Waals surface area contributed by atoms with Crippen LogP contribution in [-0.4, -0.2) is 18.5 Å². The molecule has 164 valence electrons. The molecule has 0 bridgehead atoms. The molecule has 2 heterocycles. The van der Waals surface area contributed by atoms with E-state index < -0.39 is 0 Å². The Morgan fingerprint density at radius 3 is 2.45 bits per heavy atom. The van der Waals surface area contributed by atoms with Crippen LogP contribution in [0.5, 0.6) is 0 Å². The topological polar surface area (TPSA) is 18.5 Å². The van der Waals surface area contributed by atoms with Crippen molar-refractivity contribution >= 4 is 0 Å². The van der Waals surface area contributed by atoms with Crippen LogP contribution >= 0.6 is 0 Å². The normalized spacial score (nSPS) is 61.7. The van der Waals surface area contributed by atoms with Crippen LogP contribution in [0.25, 0.3) is 0 Å². The summed E-state index contributed by atoms with van der Waals surface area (Å²) in [6, 6.07) is 0. The molecule has 2 heteroatoms. The van der Waals surface area contributed by atoms with Crippen LogP contribution in [0.15, 0.2) is 0 Å². The standard InChI is InChI=1S/C27H44O2/c1-17-10-14-27(28-16-17)18(2)24-23(29-27)15-22-20-9-8-19-7-5-6-12-25(19,3)21(20)11-13-26(22,24)4/h17-24H,5-16H2,1-4H3/t17-,18+,19-,20-,21-,22-,23-,24+,25+,26+,27-/m1/s1. The molecule has 6 rings (SSSR count). The van der Waals surface area contributed by atoms with Crippen LogP contribution in [0.4, 0.5) is 0 Å². The third-order valence-electron chi connectivity index (χ3n) is 11.9. The molecule has 6 aliphatic rings. The molecule has 2 nitrogen and oxygen atoms in total. The smallest absolute Gasteiger partial charge is 0.171 e. The van der Waals surface area contributed by atoms with Crippen molar-refractivity contribution in [2.75, 3.05) is 6.61 Å². The maximum atomic E-state index is 6.92. The molecule has 0 aromatic heterocycles. The molecule has 2 aliphatic heterocycles. The molecule has 0 aromatic carbocycles. The van der Waals surface area contributed by atoms with E-state index in [0.29, 0.717) is 28.8 Å². The van der Waals surface area contributed by atoms with Gasteiger partial charge in [-0.3, -0.25) is 0 Å². The maximum Gasteiger partial charge on any atom is 0.171 e. The molecule has 0 aromatic rings. The zero-order valence-electron chi connectivity index (χ0n) is 19.4. The quantitative estimate of drug-likeness (QED) is 0.444. The van der Waals surface area contributed by atoms with Crippen molar-refractivity contribution in [3.8, 4) is 0 Å². The van der Waals surface area contributed by atoms with Crippen molar-refractivity contribution < 1.29 is 9.47 Å².